The van der Waals surface area contributed by atoms with Crippen LogP contribution in [0.2, 0.25) is 0 Å². The van der Waals surface area contributed by atoms with E-state index in [0.717, 1.165) is 42.2 Å². The van der Waals surface area contributed by atoms with E-state index in [-0.39, 0.29) is 17.5 Å². The van der Waals surface area contributed by atoms with E-state index in [1.165, 1.54) is 12.1 Å². The third kappa shape index (κ3) is 4.92. The second-order valence-corrected chi connectivity index (χ2v) is 8.01. The molecule has 0 spiro atoms. The number of nitro benzene ring substituents is 1. The highest BCUT2D eigenvalue weighted by Crippen LogP contribution is 2.29. The second-order valence-electron chi connectivity index (χ2n) is 8.01. The van der Waals surface area contributed by atoms with Crippen molar-refractivity contribution in [3.05, 3.63) is 70.3 Å². The number of piperidine rings is 1. The van der Waals surface area contributed by atoms with Crippen LogP contribution in [0, 0.1) is 23.0 Å². The number of ether oxygens (including phenoxy) is 1. The van der Waals surface area contributed by atoms with Gasteiger partial charge in [0.15, 0.2) is 5.82 Å². The van der Waals surface area contributed by atoms with E-state index < -0.39 is 4.92 Å². The van der Waals surface area contributed by atoms with Gasteiger partial charge in [-0.25, -0.2) is 0 Å². The maximum Gasteiger partial charge on any atom is 0.269 e. The zero-order valence-corrected chi connectivity index (χ0v) is 18.5. The summed E-state index contributed by atoms with van der Waals surface area (Å²) in [5.41, 5.74) is 2.83. The summed E-state index contributed by atoms with van der Waals surface area (Å²) in [6.07, 6.45) is 1.62. The predicted octanol–water partition coefficient (Wildman–Crippen LogP) is 4.22. The lowest BCUT2D eigenvalue weighted by Gasteiger charge is -2.32. The summed E-state index contributed by atoms with van der Waals surface area (Å²) < 4.78 is 5.41. The number of rotatable bonds is 6. The first-order valence-corrected chi connectivity index (χ1v) is 10.7. The molecule has 1 atom stereocenters. The number of nitrogens with zero attached hydrogens (tertiary/aromatic N) is 4. The molecule has 9 heteroatoms. The molecule has 0 bridgehead atoms. The molecule has 1 N–H and O–H groups in total. The molecule has 4 rings (SSSR count). The van der Waals surface area contributed by atoms with Crippen LogP contribution in [-0.2, 0) is 4.79 Å². The Morgan fingerprint density at radius 2 is 2.00 bits per heavy atom. The largest absolute Gasteiger partial charge is 0.496 e. The normalized spacial score (nSPS) is 15.7. The Bertz CT molecular complexity index is 1170. The van der Waals surface area contributed by atoms with Crippen LogP contribution in [0.3, 0.4) is 0 Å². The highest BCUT2D eigenvalue weighted by atomic mass is 16.6. The molecule has 0 saturated carbocycles. The minimum Gasteiger partial charge on any atom is -0.496 e. The number of aromatic nitrogens is 2. The van der Waals surface area contributed by atoms with Gasteiger partial charge in [-0.2, -0.15) is 0 Å². The van der Waals surface area contributed by atoms with Crippen molar-refractivity contribution in [3.63, 3.8) is 0 Å². The van der Waals surface area contributed by atoms with Gasteiger partial charge in [0.05, 0.1) is 23.6 Å². The molecule has 1 aromatic heterocycles. The molecule has 2 heterocycles. The molecule has 1 aliphatic heterocycles. The fraction of sp³-hybridized carbons (Fsp3) is 0.292. The van der Waals surface area contributed by atoms with Gasteiger partial charge >= 0.3 is 0 Å². The molecule has 1 fully saturated rings. The fourth-order valence-corrected chi connectivity index (χ4v) is 4.03. The molecular formula is C24H25N5O4. The summed E-state index contributed by atoms with van der Waals surface area (Å²) >= 11 is 0. The van der Waals surface area contributed by atoms with E-state index in [2.05, 4.69) is 20.4 Å². The Hall–Kier alpha value is -4.01. The van der Waals surface area contributed by atoms with Gasteiger partial charge in [-0.3, -0.25) is 14.9 Å². The van der Waals surface area contributed by atoms with Gasteiger partial charge in [0, 0.05) is 36.5 Å². The van der Waals surface area contributed by atoms with Crippen molar-refractivity contribution in [3.8, 4) is 17.0 Å². The van der Waals surface area contributed by atoms with E-state index in [4.69, 9.17) is 4.74 Å². The molecule has 3 aromatic rings. The van der Waals surface area contributed by atoms with Crippen LogP contribution >= 0.6 is 0 Å². The van der Waals surface area contributed by atoms with E-state index in [1.54, 1.807) is 20.1 Å². The van der Waals surface area contributed by atoms with E-state index in [1.807, 2.05) is 36.4 Å². The van der Waals surface area contributed by atoms with Crippen LogP contribution in [-0.4, -0.2) is 41.2 Å². The maximum atomic E-state index is 12.9. The zero-order valence-electron chi connectivity index (χ0n) is 18.5. The summed E-state index contributed by atoms with van der Waals surface area (Å²) in [5.74, 6) is 1.13. The summed E-state index contributed by atoms with van der Waals surface area (Å²) in [6.45, 7) is 3.07. The van der Waals surface area contributed by atoms with Crippen LogP contribution < -0.4 is 15.0 Å². The number of methoxy groups -OCH3 is 1. The second kappa shape index (κ2) is 9.64. The van der Waals surface area contributed by atoms with Crippen molar-refractivity contribution >= 4 is 23.1 Å². The monoisotopic (exact) mass is 447 g/mol. The molecule has 0 aliphatic carbocycles. The van der Waals surface area contributed by atoms with Crippen molar-refractivity contribution in [2.45, 2.75) is 19.8 Å². The topological polar surface area (TPSA) is 110 Å². The number of hydrogen-bond acceptors (Lipinski definition) is 7. The van der Waals surface area contributed by atoms with Gasteiger partial charge in [0.1, 0.15) is 5.75 Å². The molecule has 1 amide bonds. The van der Waals surface area contributed by atoms with Crippen molar-refractivity contribution in [2.24, 2.45) is 5.92 Å². The summed E-state index contributed by atoms with van der Waals surface area (Å²) in [4.78, 5) is 25.5. The molecule has 2 aromatic carbocycles. The smallest absolute Gasteiger partial charge is 0.269 e. The number of nitro groups is 1. The van der Waals surface area contributed by atoms with Gasteiger partial charge in [-0.15, -0.1) is 10.2 Å². The Labute approximate surface area is 191 Å². The molecule has 1 aliphatic rings. The SMILES string of the molecule is COc1ccccc1-c1ccc(N2CCCC(C(=O)Nc3ccc([N+](=O)[O-])cc3C)C2)nn1. The zero-order chi connectivity index (χ0) is 23.4. The number of hydrogen-bond donors (Lipinski definition) is 1. The van der Waals surface area contributed by atoms with E-state index in [9.17, 15) is 14.9 Å². The molecule has 9 nitrogen and oxygen atoms in total. The Kier molecular flexibility index (Phi) is 6.48. The molecule has 33 heavy (non-hydrogen) atoms. The minimum absolute atomic E-state index is 0.00415. The number of nitrogens with one attached hydrogen (secondary N) is 1. The number of aryl methyl sites for hydroxylation is 1. The lowest BCUT2D eigenvalue weighted by Crippen LogP contribution is -2.41. The summed E-state index contributed by atoms with van der Waals surface area (Å²) in [6, 6.07) is 15.9. The van der Waals surface area contributed by atoms with Crippen molar-refractivity contribution in [1.29, 1.82) is 0 Å². The average molecular weight is 447 g/mol. The molecule has 170 valence electrons. The molecular weight excluding hydrogens is 422 g/mol. The van der Waals surface area contributed by atoms with Crippen molar-refractivity contribution in [2.75, 3.05) is 30.4 Å². The minimum atomic E-state index is -0.447. The number of non-ortho nitro benzene ring substituents is 1. The molecule has 1 saturated heterocycles. The maximum absolute atomic E-state index is 12.9. The lowest BCUT2D eigenvalue weighted by molar-refractivity contribution is -0.384. The van der Waals surface area contributed by atoms with Crippen molar-refractivity contribution in [1.82, 2.24) is 10.2 Å². The standard InChI is InChI=1S/C24H25N5O4/c1-16-14-18(29(31)32)9-10-20(16)25-24(30)17-6-5-13-28(15-17)23-12-11-21(26-27-23)19-7-3-4-8-22(19)33-2/h3-4,7-12,14,17H,5-6,13,15H2,1-2H3,(H,25,30). The van der Waals surface area contributed by atoms with E-state index >= 15 is 0 Å². The van der Waals surface area contributed by atoms with Crippen LogP contribution in [0.4, 0.5) is 17.2 Å². The van der Waals surface area contributed by atoms with Crippen LogP contribution in [0.1, 0.15) is 18.4 Å². The van der Waals surface area contributed by atoms with Crippen LogP contribution in [0.15, 0.2) is 54.6 Å². The number of carbonyl (C=O) groups is 1. The van der Waals surface area contributed by atoms with Gasteiger partial charge in [-0.05, 0) is 55.7 Å². The fourth-order valence-electron chi connectivity index (χ4n) is 4.03. The first-order valence-electron chi connectivity index (χ1n) is 10.7. The highest BCUT2D eigenvalue weighted by molar-refractivity contribution is 5.93. The number of carbonyl (C=O) groups excluding carboxylic acids is 1. The van der Waals surface area contributed by atoms with Crippen molar-refractivity contribution < 1.29 is 14.5 Å². The predicted molar refractivity (Wildman–Crippen MR) is 125 cm³/mol. The number of benzene rings is 2. The Morgan fingerprint density at radius 1 is 1.18 bits per heavy atom. The number of amides is 1. The van der Waals surface area contributed by atoms with Gasteiger partial charge in [-0.1, -0.05) is 12.1 Å². The average Bonchev–Trinajstić information content (AvgIpc) is 2.85. The first-order chi connectivity index (χ1) is 16.0. The van der Waals surface area contributed by atoms with Crippen LogP contribution in [0.25, 0.3) is 11.3 Å². The first kappa shape index (κ1) is 22.2. The Morgan fingerprint density at radius 3 is 2.70 bits per heavy atom. The number of para-hydroxylation sites is 1. The van der Waals surface area contributed by atoms with Gasteiger partial charge in [0.25, 0.3) is 5.69 Å². The summed E-state index contributed by atoms with van der Waals surface area (Å²) in [7, 11) is 1.62. The molecule has 1 unspecified atom stereocenters. The number of anilines is 2. The Balaban J connectivity index is 1.44. The highest BCUT2D eigenvalue weighted by Gasteiger charge is 2.27. The third-order valence-electron chi connectivity index (χ3n) is 5.83. The molecule has 0 radical (unpaired) electrons. The van der Waals surface area contributed by atoms with Gasteiger partial charge < -0.3 is 15.0 Å². The lowest BCUT2D eigenvalue weighted by atomic mass is 9.96. The van der Waals surface area contributed by atoms with Crippen LogP contribution in [0.5, 0.6) is 5.75 Å². The quantitative estimate of drug-likeness (QED) is 0.445. The third-order valence-corrected chi connectivity index (χ3v) is 5.83. The van der Waals surface area contributed by atoms with Gasteiger partial charge in [0.2, 0.25) is 5.91 Å². The van der Waals surface area contributed by atoms with E-state index in [0.29, 0.717) is 17.8 Å². The summed E-state index contributed by atoms with van der Waals surface area (Å²) in [5, 5.41) is 22.6.